The van der Waals surface area contributed by atoms with E-state index < -0.39 is 0 Å². The summed E-state index contributed by atoms with van der Waals surface area (Å²) in [5.41, 5.74) is 3.97. The van der Waals surface area contributed by atoms with E-state index >= 15 is 0 Å². The lowest BCUT2D eigenvalue weighted by molar-refractivity contribution is 0.357. The second kappa shape index (κ2) is 5.59. The van der Waals surface area contributed by atoms with E-state index in [-0.39, 0.29) is 6.04 Å². The molecule has 94 valence electrons. The zero-order valence-corrected chi connectivity index (χ0v) is 11.1. The van der Waals surface area contributed by atoms with E-state index in [2.05, 4.69) is 40.0 Å². The molecule has 0 saturated heterocycles. The Labute approximate surface area is 105 Å². The van der Waals surface area contributed by atoms with Crippen LogP contribution < -0.4 is 11.3 Å². The Morgan fingerprint density at radius 2 is 2.41 bits per heavy atom. The van der Waals surface area contributed by atoms with E-state index in [9.17, 15) is 0 Å². The molecule has 0 aromatic carbocycles. The minimum Gasteiger partial charge on any atom is -0.309 e. The van der Waals surface area contributed by atoms with Crippen molar-refractivity contribution in [3.05, 3.63) is 23.5 Å². The molecule has 0 aliphatic heterocycles. The van der Waals surface area contributed by atoms with Gasteiger partial charge < -0.3 is 4.90 Å². The Morgan fingerprint density at radius 3 is 3.06 bits per heavy atom. The minimum absolute atomic E-state index is 0.280. The molecule has 17 heavy (non-hydrogen) atoms. The van der Waals surface area contributed by atoms with Crippen LogP contribution in [0.25, 0.3) is 4.96 Å². The third-order valence-electron chi connectivity index (χ3n) is 2.76. The highest BCUT2D eigenvalue weighted by Crippen LogP contribution is 2.13. The number of thiazole rings is 1. The highest BCUT2D eigenvalue weighted by Gasteiger charge is 2.11. The lowest BCUT2D eigenvalue weighted by atomic mass is 10.1. The average Bonchev–Trinajstić information content (AvgIpc) is 2.83. The first-order valence-corrected chi connectivity index (χ1v) is 6.59. The fourth-order valence-electron chi connectivity index (χ4n) is 1.79. The van der Waals surface area contributed by atoms with Crippen molar-refractivity contribution in [1.29, 1.82) is 0 Å². The fraction of sp³-hybridized carbons (Fsp3) is 0.545. The molecule has 2 rings (SSSR count). The van der Waals surface area contributed by atoms with E-state index in [1.54, 1.807) is 11.3 Å². The predicted octanol–water partition coefficient (Wildman–Crippen LogP) is 0.722. The molecule has 1 atom stereocenters. The quantitative estimate of drug-likeness (QED) is 0.588. The van der Waals surface area contributed by atoms with Gasteiger partial charge in [0.15, 0.2) is 4.96 Å². The van der Waals surface area contributed by atoms with Crippen molar-refractivity contribution in [3.63, 3.8) is 0 Å². The molecule has 2 aromatic rings. The third-order valence-corrected chi connectivity index (χ3v) is 3.53. The van der Waals surface area contributed by atoms with Gasteiger partial charge >= 0.3 is 0 Å². The maximum atomic E-state index is 5.58. The summed E-state index contributed by atoms with van der Waals surface area (Å²) >= 11 is 1.65. The van der Waals surface area contributed by atoms with Crippen LogP contribution in [0.5, 0.6) is 0 Å². The van der Waals surface area contributed by atoms with Gasteiger partial charge in [-0.2, -0.15) is 0 Å². The monoisotopic (exact) mass is 253 g/mol. The number of fused-ring (bicyclic) bond motifs is 1. The van der Waals surface area contributed by atoms with Gasteiger partial charge in [-0.15, -0.1) is 11.3 Å². The summed E-state index contributed by atoms with van der Waals surface area (Å²) in [6.07, 6.45) is 6.00. The average molecular weight is 253 g/mol. The summed E-state index contributed by atoms with van der Waals surface area (Å²) in [4.78, 5) is 7.77. The number of imidazole rings is 1. The van der Waals surface area contributed by atoms with Gasteiger partial charge in [-0.05, 0) is 27.1 Å². The molecule has 2 heterocycles. The van der Waals surface area contributed by atoms with Crippen LogP contribution in [0.15, 0.2) is 17.8 Å². The van der Waals surface area contributed by atoms with Crippen LogP contribution in [0.1, 0.15) is 12.1 Å². The van der Waals surface area contributed by atoms with Gasteiger partial charge in [0, 0.05) is 30.2 Å². The topological polar surface area (TPSA) is 58.6 Å². The third kappa shape index (κ3) is 3.26. The second-order valence-electron chi connectivity index (χ2n) is 4.48. The van der Waals surface area contributed by atoms with Gasteiger partial charge in [-0.3, -0.25) is 15.7 Å². The summed E-state index contributed by atoms with van der Waals surface area (Å²) in [5, 5.41) is 2.04. The van der Waals surface area contributed by atoms with Crippen LogP contribution in [0.2, 0.25) is 0 Å². The molecular formula is C11H19N5S. The van der Waals surface area contributed by atoms with Crippen LogP contribution in [0, 0.1) is 0 Å². The van der Waals surface area contributed by atoms with Crippen molar-refractivity contribution < 1.29 is 0 Å². The SMILES string of the molecule is CN(C)CCC(Cc1cn2ccsc2n1)NN. The van der Waals surface area contributed by atoms with E-state index in [0.29, 0.717) is 0 Å². The molecule has 0 aliphatic carbocycles. The molecule has 3 N–H and O–H groups in total. The minimum atomic E-state index is 0.280. The van der Waals surface area contributed by atoms with E-state index in [1.165, 1.54) is 0 Å². The summed E-state index contributed by atoms with van der Waals surface area (Å²) < 4.78 is 2.06. The van der Waals surface area contributed by atoms with Crippen molar-refractivity contribution in [2.45, 2.75) is 18.9 Å². The molecule has 5 nitrogen and oxygen atoms in total. The number of nitrogens with two attached hydrogens (primary N) is 1. The fourth-order valence-corrected chi connectivity index (χ4v) is 2.50. The van der Waals surface area contributed by atoms with Crippen LogP contribution >= 0.6 is 11.3 Å². The Bertz CT molecular complexity index is 433. The Balaban J connectivity index is 1.95. The van der Waals surface area contributed by atoms with Gasteiger partial charge in [0.2, 0.25) is 0 Å². The predicted molar refractivity (Wildman–Crippen MR) is 71.1 cm³/mol. The molecule has 0 amide bonds. The first-order valence-electron chi connectivity index (χ1n) is 5.71. The summed E-state index contributed by atoms with van der Waals surface area (Å²) in [7, 11) is 4.14. The smallest absolute Gasteiger partial charge is 0.193 e. The molecule has 0 fully saturated rings. The number of nitrogens with one attached hydrogen (secondary N) is 1. The highest BCUT2D eigenvalue weighted by atomic mass is 32.1. The van der Waals surface area contributed by atoms with Crippen molar-refractivity contribution in [2.75, 3.05) is 20.6 Å². The Morgan fingerprint density at radius 1 is 1.59 bits per heavy atom. The number of hydrazine groups is 1. The maximum absolute atomic E-state index is 5.58. The standard InChI is InChI=1S/C11H19N5S/c1-15(2)4-3-9(14-12)7-10-8-16-5-6-17-11(16)13-10/h5-6,8-9,14H,3-4,7,12H2,1-2H3. The van der Waals surface area contributed by atoms with E-state index in [1.807, 2.05) is 11.6 Å². The van der Waals surface area contributed by atoms with Gasteiger partial charge in [0.1, 0.15) is 0 Å². The number of hydrogen-bond acceptors (Lipinski definition) is 5. The van der Waals surface area contributed by atoms with Gasteiger partial charge in [-0.25, -0.2) is 4.98 Å². The second-order valence-corrected chi connectivity index (χ2v) is 5.36. The van der Waals surface area contributed by atoms with Gasteiger partial charge in [0.25, 0.3) is 0 Å². The first kappa shape index (κ1) is 12.5. The Kier molecular flexibility index (Phi) is 4.11. The zero-order valence-electron chi connectivity index (χ0n) is 10.3. The molecule has 6 heteroatoms. The summed E-state index contributed by atoms with van der Waals surface area (Å²) in [5.74, 6) is 5.58. The molecule has 0 spiro atoms. The van der Waals surface area contributed by atoms with Crippen LogP contribution in [0.3, 0.4) is 0 Å². The van der Waals surface area contributed by atoms with Crippen LogP contribution in [0.4, 0.5) is 0 Å². The Hall–Kier alpha value is -0.950. The molecule has 2 aromatic heterocycles. The molecule has 0 saturated carbocycles. The number of rotatable bonds is 6. The van der Waals surface area contributed by atoms with Crippen molar-refractivity contribution in [1.82, 2.24) is 19.7 Å². The molecule has 0 aliphatic rings. The highest BCUT2D eigenvalue weighted by molar-refractivity contribution is 7.15. The largest absolute Gasteiger partial charge is 0.309 e. The van der Waals surface area contributed by atoms with E-state index in [0.717, 1.165) is 30.0 Å². The zero-order chi connectivity index (χ0) is 12.3. The number of nitrogens with zero attached hydrogens (tertiary/aromatic N) is 3. The van der Waals surface area contributed by atoms with Gasteiger partial charge in [0.05, 0.1) is 5.69 Å². The lowest BCUT2D eigenvalue weighted by Gasteiger charge is -2.17. The first-order chi connectivity index (χ1) is 8.19. The molecule has 0 bridgehead atoms. The van der Waals surface area contributed by atoms with Crippen LogP contribution in [-0.2, 0) is 6.42 Å². The summed E-state index contributed by atoms with van der Waals surface area (Å²) in [6, 6.07) is 0.280. The normalized spacial score (nSPS) is 13.6. The summed E-state index contributed by atoms with van der Waals surface area (Å²) in [6.45, 7) is 1.02. The van der Waals surface area contributed by atoms with Crippen molar-refractivity contribution in [3.8, 4) is 0 Å². The van der Waals surface area contributed by atoms with Crippen molar-refractivity contribution in [2.24, 2.45) is 5.84 Å². The van der Waals surface area contributed by atoms with Crippen LogP contribution in [-0.4, -0.2) is 41.0 Å². The molecular weight excluding hydrogens is 234 g/mol. The van der Waals surface area contributed by atoms with Crippen molar-refractivity contribution >= 4 is 16.3 Å². The number of hydrogen-bond donors (Lipinski definition) is 2. The number of aromatic nitrogens is 2. The van der Waals surface area contributed by atoms with Gasteiger partial charge in [-0.1, -0.05) is 0 Å². The molecule has 1 unspecified atom stereocenters. The lowest BCUT2D eigenvalue weighted by Crippen LogP contribution is -2.38. The molecule has 0 radical (unpaired) electrons. The van der Waals surface area contributed by atoms with E-state index in [4.69, 9.17) is 5.84 Å². The maximum Gasteiger partial charge on any atom is 0.193 e.